The molecule has 0 spiro atoms. The Morgan fingerprint density at radius 1 is 1.25 bits per heavy atom. The molecule has 0 saturated carbocycles. The van der Waals surface area contributed by atoms with Crippen molar-refractivity contribution < 1.29 is 13.2 Å². The van der Waals surface area contributed by atoms with Crippen LogP contribution in [0.15, 0.2) is 48.8 Å². The van der Waals surface area contributed by atoms with Crippen molar-refractivity contribution in [3.8, 4) is 5.69 Å². The lowest BCUT2D eigenvalue weighted by atomic mass is 10.1. The summed E-state index contributed by atoms with van der Waals surface area (Å²) in [4.78, 5) is 14.7. The smallest absolute Gasteiger partial charge is 0.254 e. The van der Waals surface area contributed by atoms with Gasteiger partial charge in [-0.25, -0.2) is 8.42 Å². The predicted octanol–water partition coefficient (Wildman–Crippen LogP) is 2.52. The van der Waals surface area contributed by atoms with E-state index in [2.05, 4.69) is 0 Å². The number of carbonyl (C=O) groups excluding carboxylic acids is 1. The Hall–Kier alpha value is -2.08. The Balaban J connectivity index is 1.87. The summed E-state index contributed by atoms with van der Waals surface area (Å²) in [7, 11) is -3.02. The molecule has 6 heteroatoms. The lowest BCUT2D eigenvalue weighted by molar-refractivity contribution is 0.0697. The summed E-state index contributed by atoms with van der Waals surface area (Å²) in [5, 5.41) is 0. The first-order valence-corrected chi connectivity index (χ1v) is 10.1. The third-order valence-electron chi connectivity index (χ3n) is 4.37. The zero-order chi connectivity index (χ0) is 17.2. The van der Waals surface area contributed by atoms with E-state index < -0.39 is 9.84 Å². The topological polar surface area (TPSA) is 59.4 Å². The highest BCUT2D eigenvalue weighted by Crippen LogP contribution is 2.21. The van der Waals surface area contributed by atoms with Crippen LogP contribution in [0, 0.1) is 0 Å². The van der Waals surface area contributed by atoms with Gasteiger partial charge in [-0.15, -0.1) is 0 Å². The molecule has 2 aromatic rings. The zero-order valence-corrected chi connectivity index (χ0v) is 14.6. The molecule has 1 aliphatic rings. The van der Waals surface area contributed by atoms with Crippen molar-refractivity contribution in [1.82, 2.24) is 9.47 Å². The minimum absolute atomic E-state index is 0.0794. The molecule has 1 atom stereocenters. The van der Waals surface area contributed by atoms with Gasteiger partial charge in [-0.05, 0) is 43.2 Å². The average Bonchev–Trinajstić information content (AvgIpc) is 3.21. The molecule has 0 N–H and O–H groups in total. The van der Waals surface area contributed by atoms with Gasteiger partial charge >= 0.3 is 0 Å². The third kappa shape index (κ3) is 3.53. The van der Waals surface area contributed by atoms with E-state index in [0.29, 0.717) is 18.5 Å². The number of hydrogen-bond acceptors (Lipinski definition) is 3. The Morgan fingerprint density at radius 3 is 2.62 bits per heavy atom. The van der Waals surface area contributed by atoms with Crippen LogP contribution in [-0.4, -0.2) is 47.9 Å². The summed E-state index contributed by atoms with van der Waals surface area (Å²) in [5.74, 6) is 0.165. The molecule has 0 bridgehead atoms. The van der Waals surface area contributed by atoms with E-state index in [4.69, 9.17) is 0 Å². The number of sulfone groups is 1. The summed E-state index contributed by atoms with van der Waals surface area (Å²) >= 11 is 0. The fourth-order valence-corrected chi connectivity index (χ4v) is 4.91. The number of amides is 1. The Bertz CT molecular complexity index is 813. The van der Waals surface area contributed by atoms with Crippen LogP contribution in [0.5, 0.6) is 0 Å². The molecule has 1 aromatic heterocycles. The molecule has 24 heavy (non-hydrogen) atoms. The fourth-order valence-electron chi connectivity index (χ4n) is 3.18. The Morgan fingerprint density at radius 2 is 2.00 bits per heavy atom. The van der Waals surface area contributed by atoms with Gasteiger partial charge in [0.15, 0.2) is 9.84 Å². The summed E-state index contributed by atoms with van der Waals surface area (Å²) in [5.41, 5.74) is 1.51. The second-order valence-electron chi connectivity index (χ2n) is 6.20. The van der Waals surface area contributed by atoms with Gasteiger partial charge in [0.2, 0.25) is 0 Å². The quantitative estimate of drug-likeness (QED) is 0.836. The number of carbonyl (C=O) groups is 1. The fraction of sp³-hybridized carbons (Fsp3) is 0.389. The van der Waals surface area contributed by atoms with Crippen LogP contribution in [0.3, 0.4) is 0 Å². The van der Waals surface area contributed by atoms with E-state index in [1.165, 1.54) is 0 Å². The molecular formula is C18H22N2O3S. The summed E-state index contributed by atoms with van der Waals surface area (Å²) < 4.78 is 25.5. The van der Waals surface area contributed by atoms with Crippen LogP contribution >= 0.6 is 0 Å². The van der Waals surface area contributed by atoms with Gasteiger partial charge < -0.3 is 9.47 Å². The van der Waals surface area contributed by atoms with Gasteiger partial charge in [-0.2, -0.15) is 0 Å². The summed E-state index contributed by atoms with van der Waals surface area (Å²) in [6.07, 6.45) is 5.19. The summed E-state index contributed by atoms with van der Waals surface area (Å²) in [6.45, 7) is 2.58. The molecule has 2 heterocycles. The maximum Gasteiger partial charge on any atom is 0.254 e. The number of hydrogen-bond donors (Lipinski definition) is 0. The van der Waals surface area contributed by atoms with Crippen LogP contribution in [0.1, 0.15) is 30.1 Å². The van der Waals surface area contributed by atoms with Crippen molar-refractivity contribution in [3.05, 3.63) is 54.4 Å². The van der Waals surface area contributed by atoms with Gasteiger partial charge in [-0.1, -0.05) is 13.0 Å². The molecular weight excluding hydrogens is 324 g/mol. The van der Waals surface area contributed by atoms with E-state index in [1.807, 2.05) is 54.2 Å². The van der Waals surface area contributed by atoms with Crippen molar-refractivity contribution >= 4 is 15.7 Å². The highest BCUT2D eigenvalue weighted by Gasteiger charge is 2.34. The molecule has 1 amide bonds. The molecule has 0 aliphatic carbocycles. The zero-order valence-electron chi connectivity index (χ0n) is 13.8. The first-order valence-electron chi connectivity index (χ1n) is 8.25. The highest BCUT2D eigenvalue weighted by atomic mass is 32.2. The lowest BCUT2D eigenvalue weighted by Crippen LogP contribution is -2.41. The van der Waals surface area contributed by atoms with Crippen molar-refractivity contribution in [2.45, 2.75) is 25.8 Å². The number of nitrogens with zero attached hydrogens (tertiary/aromatic N) is 2. The van der Waals surface area contributed by atoms with Crippen molar-refractivity contribution in [3.63, 3.8) is 0 Å². The van der Waals surface area contributed by atoms with E-state index in [9.17, 15) is 13.2 Å². The molecule has 5 nitrogen and oxygen atoms in total. The minimum Gasteiger partial charge on any atom is -0.335 e. The van der Waals surface area contributed by atoms with Crippen molar-refractivity contribution in [2.75, 3.05) is 18.1 Å². The van der Waals surface area contributed by atoms with E-state index in [-0.39, 0.29) is 23.5 Å². The lowest BCUT2D eigenvalue weighted by Gasteiger charge is -2.28. The molecule has 3 rings (SSSR count). The first kappa shape index (κ1) is 16.8. The molecule has 1 aliphatic heterocycles. The van der Waals surface area contributed by atoms with Crippen LogP contribution in [-0.2, 0) is 9.84 Å². The normalized spacial score (nSPS) is 19.3. The van der Waals surface area contributed by atoms with Gasteiger partial charge in [0.25, 0.3) is 5.91 Å². The van der Waals surface area contributed by atoms with E-state index in [0.717, 1.165) is 12.1 Å². The molecule has 1 unspecified atom stereocenters. The monoisotopic (exact) mass is 346 g/mol. The Kier molecular flexibility index (Phi) is 4.76. The van der Waals surface area contributed by atoms with E-state index >= 15 is 0 Å². The molecule has 1 aromatic carbocycles. The average molecular weight is 346 g/mol. The molecule has 128 valence electrons. The second-order valence-corrected chi connectivity index (χ2v) is 8.42. The third-order valence-corrected chi connectivity index (χ3v) is 6.12. The maximum atomic E-state index is 13.0. The Labute approximate surface area is 142 Å². The van der Waals surface area contributed by atoms with Gasteiger partial charge in [0.1, 0.15) is 0 Å². The molecule has 0 radical (unpaired) electrons. The standard InChI is InChI=1S/C18H22N2O3S/c1-2-9-20(17-8-12-24(22,23)14-17)18(21)15-6-5-7-16(13-15)19-10-3-4-11-19/h3-7,10-11,13,17H,2,8-9,12,14H2,1H3. The maximum absolute atomic E-state index is 13.0. The SMILES string of the molecule is CCCN(C(=O)c1cccc(-n2cccc2)c1)C1CCS(=O)(=O)C1. The van der Waals surface area contributed by atoms with Crippen LogP contribution in [0.2, 0.25) is 0 Å². The number of aromatic nitrogens is 1. The number of benzene rings is 1. The van der Waals surface area contributed by atoms with Crippen LogP contribution in [0.25, 0.3) is 5.69 Å². The van der Waals surface area contributed by atoms with Crippen molar-refractivity contribution in [2.24, 2.45) is 0 Å². The summed E-state index contributed by atoms with van der Waals surface area (Å²) in [6, 6.07) is 11.1. The second kappa shape index (κ2) is 6.81. The molecule has 1 fully saturated rings. The minimum atomic E-state index is -3.02. The van der Waals surface area contributed by atoms with Crippen LogP contribution < -0.4 is 0 Å². The van der Waals surface area contributed by atoms with Gasteiger partial charge in [0, 0.05) is 36.2 Å². The predicted molar refractivity (Wildman–Crippen MR) is 94.2 cm³/mol. The van der Waals surface area contributed by atoms with E-state index in [1.54, 1.807) is 11.0 Å². The number of rotatable bonds is 5. The largest absolute Gasteiger partial charge is 0.335 e. The first-order chi connectivity index (χ1) is 11.5. The highest BCUT2D eigenvalue weighted by molar-refractivity contribution is 7.91. The van der Waals surface area contributed by atoms with Gasteiger partial charge in [-0.3, -0.25) is 4.79 Å². The van der Waals surface area contributed by atoms with Gasteiger partial charge in [0.05, 0.1) is 11.5 Å². The molecule has 1 saturated heterocycles. The van der Waals surface area contributed by atoms with Crippen LogP contribution in [0.4, 0.5) is 0 Å². The van der Waals surface area contributed by atoms with Crippen molar-refractivity contribution in [1.29, 1.82) is 0 Å².